The van der Waals surface area contributed by atoms with Crippen LogP contribution in [0, 0.1) is 6.92 Å². The monoisotopic (exact) mass is 295 g/mol. The van der Waals surface area contributed by atoms with E-state index in [0.29, 0.717) is 11.1 Å². The second kappa shape index (κ2) is 5.81. The summed E-state index contributed by atoms with van der Waals surface area (Å²) in [4.78, 5) is 27.4. The summed E-state index contributed by atoms with van der Waals surface area (Å²) < 4.78 is 10.4. The van der Waals surface area contributed by atoms with Gasteiger partial charge in [0.2, 0.25) is 0 Å². The second-order valence-electron chi connectivity index (χ2n) is 4.88. The van der Waals surface area contributed by atoms with E-state index in [-0.39, 0.29) is 12.3 Å². The molecule has 3 aromatic rings. The lowest BCUT2D eigenvalue weighted by Crippen LogP contribution is -2.09. The number of rotatable bonds is 3. The maximum Gasteiger partial charge on any atom is 0.357 e. The molecule has 5 nitrogen and oxygen atoms in total. The van der Waals surface area contributed by atoms with Crippen molar-refractivity contribution < 1.29 is 13.9 Å². The molecule has 0 N–H and O–H groups in total. The van der Waals surface area contributed by atoms with Crippen LogP contribution in [0.1, 0.15) is 21.6 Å². The molecule has 0 aliphatic heterocycles. The standard InChI is InChI=1S/C17H13NO4/c1-11-5-6-13-12(9-16(19)22-15(13)8-11)10-21-17(20)14-4-2-3-7-18-14/h2-9H,10H2,1H3. The van der Waals surface area contributed by atoms with E-state index < -0.39 is 11.6 Å². The smallest absolute Gasteiger partial charge is 0.357 e. The van der Waals surface area contributed by atoms with Crippen LogP contribution >= 0.6 is 0 Å². The van der Waals surface area contributed by atoms with Gasteiger partial charge in [-0.1, -0.05) is 18.2 Å². The minimum atomic E-state index is -0.533. The maximum atomic E-state index is 11.9. The van der Waals surface area contributed by atoms with Gasteiger partial charge in [-0.2, -0.15) is 0 Å². The van der Waals surface area contributed by atoms with Gasteiger partial charge >= 0.3 is 11.6 Å². The summed E-state index contributed by atoms with van der Waals surface area (Å²) in [7, 11) is 0. The highest BCUT2D eigenvalue weighted by molar-refractivity contribution is 5.87. The lowest BCUT2D eigenvalue weighted by Gasteiger charge is -2.07. The van der Waals surface area contributed by atoms with Gasteiger partial charge in [0.15, 0.2) is 0 Å². The quantitative estimate of drug-likeness (QED) is 0.549. The van der Waals surface area contributed by atoms with Crippen LogP contribution in [-0.4, -0.2) is 11.0 Å². The number of fused-ring (bicyclic) bond motifs is 1. The van der Waals surface area contributed by atoms with Gasteiger partial charge in [-0.3, -0.25) is 0 Å². The average Bonchev–Trinajstić information content (AvgIpc) is 2.52. The largest absolute Gasteiger partial charge is 0.456 e. The third kappa shape index (κ3) is 2.88. The number of aromatic nitrogens is 1. The number of pyridine rings is 1. The number of carbonyl (C=O) groups excluding carboxylic acids is 1. The molecule has 1 aromatic carbocycles. The van der Waals surface area contributed by atoms with Crippen LogP contribution in [0.25, 0.3) is 11.0 Å². The fraction of sp³-hybridized carbons (Fsp3) is 0.118. The van der Waals surface area contributed by atoms with Gasteiger partial charge in [-0.05, 0) is 30.7 Å². The molecular weight excluding hydrogens is 282 g/mol. The highest BCUT2D eigenvalue weighted by Gasteiger charge is 2.11. The second-order valence-corrected chi connectivity index (χ2v) is 4.88. The predicted molar refractivity (Wildman–Crippen MR) is 80.6 cm³/mol. The minimum absolute atomic E-state index is 0.0133. The van der Waals surface area contributed by atoms with E-state index in [2.05, 4.69) is 4.98 Å². The van der Waals surface area contributed by atoms with Crippen LogP contribution < -0.4 is 5.63 Å². The van der Waals surface area contributed by atoms with Crippen molar-refractivity contribution in [2.45, 2.75) is 13.5 Å². The molecule has 0 atom stereocenters. The molecule has 0 unspecified atom stereocenters. The van der Waals surface area contributed by atoms with E-state index in [1.54, 1.807) is 24.3 Å². The number of nitrogens with zero attached hydrogens (tertiary/aromatic N) is 1. The zero-order chi connectivity index (χ0) is 15.5. The summed E-state index contributed by atoms with van der Waals surface area (Å²) in [5.41, 5.74) is 1.83. The number of hydrogen-bond donors (Lipinski definition) is 0. The van der Waals surface area contributed by atoms with Crippen molar-refractivity contribution in [3.8, 4) is 0 Å². The Bertz CT molecular complexity index is 884. The van der Waals surface area contributed by atoms with Crippen molar-refractivity contribution in [2.75, 3.05) is 0 Å². The Hall–Kier alpha value is -2.95. The lowest BCUT2D eigenvalue weighted by molar-refractivity contribution is 0.0467. The third-order valence-corrected chi connectivity index (χ3v) is 3.22. The Labute approximate surface area is 126 Å². The molecule has 0 fully saturated rings. The SMILES string of the molecule is Cc1ccc2c(COC(=O)c3ccccn3)cc(=O)oc2c1. The minimum Gasteiger partial charge on any atom is -0.456 e. The molecule has 0 bridgehead atoms. The van der Waals surface area contributed by atoms with E-state index in [9.17, 15) is 9.59 Å². The molecule has 0 saturated carbocycles. The van der Waals surface area contributed by atoms with E-state index >= 15 is 0 Å². The van der Waals surface area contributed by atoms with Crippen molar-refractivity contribution in [3.05, 3.63) is 75.9 Å². The van der Waals surface area contributed by atoms with Crippen LogP contribution in [0.2, 0.25) is 0 Å². The Morgan fingerprint density at radius 2 is 2.09 bits per heavy atom. The Kier molecular flexibility index (Phi) is 3.70. The fourth-order valence-electron chi connectivity index (χ4n) is 2.16. The van der Waals surface area contributed by atoms with Gasteiger partial charge in [0.25, 0.3) is 0 Å². The first-order chi connectivity index (χ1) is 10.6. The number of esters is 1. The Morgan fingerprint density at radius 3 is 2.86 bits per heavy atom. The molecular formula is C17H13NO4. The number of carbonyl (C=O) groups is 1. The predicted octanol–water partition coefficient (Wildman–Crippen LogP) is 2.85. The zero-order valence-corrected chi connectivity index (χ0v) is 11.9. The molecule has 0 radical (unpaired) electrons. The summed E-state index contributed by atoms with van der Waals surface area (Å²) >= 11 is 0. The number of benzene rings is 1. The van der Waals surface area contributed by atoms with Gasteiger partial charge in [0, 0.05) is 23.2 Å². The molecule has 110 valence electrons. The van der Waals surface area contributed by atoms with Crippen LogP contribution in [-0.2, 0) is 11.3 Å². The van der Waals surface area contributed by atoms with E-state index in [0.717, 1.165) is 10.9 Å². The highest BCUT2D eigenvalue weighted by atomic mass is 16.5. The normalized spacial score (nSPS) is 10.6. The summed E-state index contributed by atoms with van der Waals surface area (Å²) in [5, 5.41) is 0.749. The molecule has 3 rings (SSSR count). The van der Waals surface area contributed by atoms with Crippen LogP contribution in [0.3, 0.4) is 0 Å². The number of aryl methyl sites for hydroxylation is 1. The maximum absolute atomic E-state index is 11.9. The topological polar surface area (TPSA) is 69.4 Å². The Balaban J connectivity index is 1.88. The van der Waals surface area contributed by atoms with Gasteiger partial charge in [0.1, 0.15) is 17.9 Å². The number of ether oxygens (including phenoxy) is 1. The van der Waals surface area contributed by atoms with Crippen molar-refractivity contribution in [3.63, 3.8) is 0 Å². The first kappa shape index (κ1) is 14.0. The average molecular weight is 295 g/mol. The van der Waals surface area contributed by atoms with Crippen molar-refractivity contribution in [1.29, 1.82) is 0 Å². The molecule has 22 heavy (non-hydrogen) atoms. The van der Waals surface area contributed by atoms with E-state index in [1.807, 2.05) is 19.1 Å². The van der Waals surface area contributed by atoms with Crippen LogP contribution in [0.15, 0.2) is 57.9 Å². The molecule has 2 heterocycles. The van der Waals surface area contributed by atoms with Gasteiger partial charge in [0.05, 0.1) is 0 Å². The summed E-state index contributed by atoms with van der Waals surface area (Å²) in [6.07, 6.45) is 1.52. The lowest BCUT2D eigenvalue weighted by atomic mass is 10.1. The third-order valence-electron chi connectivity index (χ3n) is 3.22. The van der Waals surface area contributed by atoms with Crippen LogP contribution in [0.5, 0.6) is 0 Å². The van der Waals surface area contributed by atoms with Crippen molar-refractivity contribution in [2.24, 2.45) is 0 Å². The zero-order valence-electron chi connectivity index (χ0n) is 11.9. The van der Waals surface area contributed by atoms with Crippen LogP contribution in [0.4, 0.5) is 0 Å². The molecule has 0 saturated heterocycles. The Morgan fingerprint density at radius 1 is 1.23 bits per heavy atom. The van der Waals surface area contributed by atoms with Gasteiger partial charge < -0.3 is 9.15 Å². The molecule has 0 amide bonds. The summed E-state index contributed by atoms with van der Waals surface area (Å²) in [6, 6.07) is 11.9. The fourth-order valence-corrected chi connectivity index (χ4v) is 2.16. The molecule has 0 spiro atoms. The first-order valence-corrected chi connectivity index (χ1v) is 6.75. The first-order valence-electron chi connectivity index (χ1n) is 6.75. The summed E-state index contributed by atoms with van der Waals surface area (Å²) in [5.74, 6) is -0.533. The molecule has 0 aliphatic rings. The molecule has 5 heteroatoms. The van der Waals surface area contributed by atoms with E-state index in [1.165, 1.54) is 12.3 Å². The molecule has 0 aliphatic carbocycles. The highest BCUT2D eigenvalue weighted by Crippen LogP contribution is 2.19. The van der Waals surface area contributed by atoms with E-state index in [4.69, 9.17) is 9.15 Å². The van der Waals surface area contributed by atoms with Crippen molar-refractivity contribution >= 4 is 16.9 Å². The summed E-state index contributed by atoms with van der Waals surface area (Å²) in [6.45, 7) is 1.90. The van der Waals surface area contributed by atoms with Gasteiger partial charge in [-0.25, -0.2) is 14.6 Å². The van der Waals surface area contributed by atoms with Gasteiger partial charge in [-0.15, -0.1) is 0 Å². The van der Waals surface area contributed by atoms with Crippen molar-refractivity contribution in [1.82, 2.24) is 4.98 Å². The molecule has 2 aromatic heterocycles. The number of hydrogen-bond acceptors (Lipinski definition) is 5.